The van der Waals surface area contributed by atoms with Crippen LogP contribution >= 0.6 is 0 Å². The lowest BCUT2D eigenvalue weighted by atomic mass is 9.71. The van der Waals surface area contributed by atoms with Crippen molar-refractivity contribution in [3.05, 3.63) is 58.2 Å². The molecule has 2 rings (SSSR count). The molecule has 1 aliphatic carbocycles. The van der Waals surface area contributed by atoms with Crippen molar-refractivity contribution in [1.29, 1.82) is 0 Å². The first-order valence-corrected chi connectivity index (χ1v) is 10.6. The van der Waals surface area contributed by atoms with Gasteiger partial charge >= 0.3 is 5.97 Å². The number of esters is 1. The van der Waals surface area contributed by atoms with Crippen molar-refractivity contribution in [2.75, 3.05) is 6.61 Å². The quantitative estimate of drug-likeness (QED) is 0.313. The van der Waals surface area contributed by atoms with Crippen LogP contribution in [0.4, 0.5) is 0 Å². The molecule has 0 spiro atoms. The molecule has 4 heteroatoms. The second-order valence-electron chi connectivity index (χ2n) is 8.86. The van der Waals surface area contributed by atoms with E-state index in [9.17, 15) is 15.0 Å². The molecule has 0 saturated heterocycles. The maximum Gasteiger partial charge on any atom is 0.333 e. The van der Waals surface area contributed by atoms with E-state index < -0.39 is 12.3 Å². The Hall–Kier alpha value is -1.91. The van der Waals surface area contributed by atoms with E-state index in [1.165, 1.54) is 30.9 Å². The summed E-state index contributed by atoms with van der Waals surface area (Å²) in [5.74, 6) is -0.535. The Kier molecular flexibility index (Phi) is 8.66. The van der Waals surface area contributed by atoms with Crippen molar-refractivity contribution < 1.29 is 19.7 Å². The molecular weight excluding hydrogens is 364 g/mol. The molecule has 1 heterocycles. The van der Waals surface area contributed by atoms with Crippen LogP contribution in [0.1, 0.15) is 72.6 Å². The van der Waals surface area contributed by atoms with Gasteiger partial charge in [0, 0.05) is 11.6 Å². The van der Waals surface area contributed by atoms with Gasteiger partial charge in [-0.3, -0.25) is 0 Å². The van der Waals surface area contributed by atoms with Crippen LogP contribution in [0.15, 0.2) is 58.2 Å². The molecular formula is C25H36O4. The van der Waals surface area contributed by atoms with Gasteiger partial charge in [-0.05, 0) is 69.8 Å². The predicted octanol–water partition coefficient (Wildman–Crippen LogP) is 5.30. The lowest BCUT2D eigenvalue weighted by Gasteiger charge is -2.35. The zero-order valence-corrected chi connectivity index (χ0v) is 18.3. The third-order valence-corrected chi connectivity index (χ3v) is 6.03. The van der Waals surface area contributed by atoms with Crippen LogP contribution in [-0.2, 0) is 9.53 Å². The first-order chi connectivity index (χ1) is 13.7. The summed E-state index contributed by atoms with van der Waals surface area (Å²) < 4.78 is 4.63. The van der Waals surface area contributed by atoms with E-state index >= 15 is 0 Å². The molecule has 2 aliphatic rings. The Bertz CT molecular complexity index is 747. The van der Waals surface area contributed by atoms with E-state index in [-0.39, 0.29) is 6.61 Å². The summed E-state index contributed by atoms with van der Waals surface area (Å²) in [6, 6.07) is 0. The maximum atomic E-state index is 11.1. The van der Waals surface area contributed by atoms with E-state index in [0.29, 0.717) is 11.0 Å². The molecule has 1 atom stereocenters. The van der Waals surface area contributed by atoms with Gasteiger partial charge < -0.3 is 14.9 Å². The summed E-state index contributed by atoms with van der Waals surface area (Å²) in [6.45, 7) is 9.23. The molecule has 0 aromatic carbocycles. The number of cyclic esters (lactones) is 1. The highest BCUT2D eigenvalue weighted by atomic mass is 16.6. The number of ether oxygens (including phenoxy) is 1. The van der Waals surface area contributed by atoms with Crippen LogP contribution in [-0.4, -0.2) is 29.1 Å². The standard InChI is InChI=1S/C25H36O4/c1-18(13-14-22-19(2)9-7-15-25(22,3)4)8-5-10-20(17-26)11-6-12-21-16-23(27)29-24(21)28/h6,8,11-12,16,24,26,28H,5,7,9-10,13-15,17H2,1-4H3. The normalized spacial score (nSPS) is 23.0. The van der Waals surface area contributed by atoms with E-state index in [1.807, 2.05) is 6.08 Å². The van der Waals surface area contributed by atoms with E-state index in [1.54, 1.807) is 23.3 Å². The van der Waals surface area contributed by atoms with Crippen LogP contribution in [0.3, 0.4) is 0 Å². The largest absolute Gasteiger partial charge is 0.428 e. The van der Waals surface area contributed by atoms with Crippen molar-refractivity contribution >= 4 is 5.97 Å². The van der Waals surface area contributed by atoms with Crippen LogP contribution in [0.5, 0.6) is 0 Å². The van der Waals surface area contributed by atoms with Crippen molar-refractivity contribution in [3.8, 4) is 0 Å². The van der Waals surface area contributed by atoms with Gasteiger partial charge in [0.2, 0.25) is 6.29 Å². The Morgan fingerprint density at radius 1 is 1.34 bits per heavy atom. The number of carbonyl (C=O) groups excluding carboxylic acids is 1. The van der Waals surface area contributed by atoms with Crippen molar-refractivity contribution in [2.45, 2.75) is 78.9 Å². The molecule has 0 aromatic rings. The van der Waals surface area contributed by atoms with Gasteiger partial charge in [-0.25, -0.2) is 4.79 Å². The van der Waals surface area contributed by atoms with Gasteiger partial charge in [-0.15, -0.1) is 0 Å². The Morgan fingerprint density at radius 2 is 2.10 bits per heavy atom. The van der Waals surface area contributed by atoms with Crippen LogP contribution < -0.4 is 0 Å². The summed E-state index contributed by atoms with van der Waals surface area (Å²) in [5.41, 5.74) is 6.30. The predicted molar refractivity (Wildman–Crippen MR) is 117 cm³/mol. The van der Waals surface area contributed by atoms with Gasteiger partial charge in [0.15, 0.2) is 0 Å². The van der Waals surface area contributed by atoms with Gasteiger partial charge in [-0.2, -0.15) is 0 Å². The van der Waals surface area contributed by atoms with Gasteiger partial charge in [0.25, 0.3) is 0 Å². The molecule has 0 aromatic heterocycles. The average Bonchev–Trinajstić information content (AvgIpc) is 2.96. The fraction of sp³-hybridized carbons (Fsp3) is 0.560. The molecule has 0 bridgehead atoms. The number of aliphatic hydroxyl groups is 2. The van der Waals surface area contributed by atoms with Crippen LogP contribution in [0.25, 0.3) is 0 Å². The van der Waals surface area contributed by atoms with E-state index in [2.05, 4.69) is 38.5 Å². The SMILES string of the molecule is CC(=CCCC(=CC=CC1=CC(=O)OC1O)CO)CCC1=C(C)CCCC1(C)C. The monoisotopic (exact) mass is 400 g/mol. The minimum Gasteiger partial charge on any atom is -0.428 e. The van der Waals surface area contributed by atoms with Crippen LogP contribution in [0, 0.1) is 5.41 Å². The average molecular weight is 401 g/mol. The first-order valence-electron chi connectivity index (χ1n) is 10.6. The molecule has 0 fully saturated rings. The number of rotatable bonds is 9. The smallest absolute Gasteiger partial charge is 0.333 e. The molecule has 160 valence electrons. The highest BCUT2D eigenvalue weighted by Crippen LogP contribution is 2.42. The molecule has 29 heavy (non-hydrogen) atoms. The minimum atomic E-state index is -1.19. The Balaban J connectivity index is 1.83. The fourth-order valence-electron chi connectivity index (χ4n) is 4.22. The Morgan fingerprint density at radius 3 is 2.72 bits per heavy atom. The van der Waals surface area contributed by atoms with Crippen molar-refractivity contribution in [2.24, 2.45) is 5.41 Å². The second kappa shape index (κ2) is 10.7. The molecule has 0 amide bonds. The van der Waals surface area contributed by atoms with Gasteiger partial charge in [-0.1, -0.05) is 54.9 Å². The number of allylic oxidation sites excluding steroid dienone is 6. The first kappa shape index (κ1) is 23.4. The van der Waals surface area contributed by atoms with Crippen molar-refractivity contribution in [3.63, 3.8) is 0 Å². The zero-order valence-electron chi connectivity index (χ0n) is 18.3. The number of hydrogen-bond acceptors (Lipinski definition) is 4. The topological polar surface area (TPSA) is 66.8 Å². The summed E-state index contributed by atoms with van der Waals surface area (Å²) >= 11 is 0. The lowest BCUT2D eigenvalue weighted by Crippen LogP contribution is -2.20. The molecule has 2 N–H and O–H groups in total. The zero-order chi connectivity index (χ0) is 21.4. The summed E-state index contributed by atoms with van der Waals surface area (Å²) in [7, 11) is 0. The second-order valence-corrected chi connectivity index (χ2v) is 8.86. The Labute approximate surface area is 175 Å². The maximum absolute atomic E-state index is 11.1. The van der Waals surface area contributed by atoms with Crippen molar-refractivity contribution in [1.82, 2.24) is 0 Å². The highest BCUT2D eigenvalue weighted by Gasteiger charge is 2.27. The molecule has 0 radical (unpaired) electrons. The third kappa shape index (κ3) is 7.13. The molecule has 0 saturated carbocycles. The molecule has 1 aliphatic heterocycles. The summed E-state index contributed by atoms with van der Waals surface area (Å²) in [6.07, 6.45) is 15.3. The lowest BCUT2D eigenvalue weighted by molar-refractivity contribution is -0.150. The van der Waals surface area contributed by atoms with E-state index in [0.717, 1.165) is 31.3 Å². The summed E-state index contributed by atoms with van der Waals surface area (Å²) in [4.78, 5) is 11.1. The van der Waals surface area contributed by atoms with Gasteiger partial charge in [0.1, 0.15) is 0 Å². The highest BCUT2D eigenvalue weighted by molar-refractivity contribution is 5.86. The minimum absolute atomic E-state index is 0.00543. The summed E-state index contributed by atoms with van der Waals surface area (Å²) in [5, 5.41) is 19.1. The van der Waals surface area contributed by atoms with E-state index in [4.69, 9.17) is 0 Å². The molecule has 1 unspecified atom stereocenters. The number of carbonyl (C=O) groups is 1. The number of aliphatic hydroxyl groups excluding tert-OH is 2. The van der Waals surface area contributed by atoms with Crippen LogP contribution in [0.2, 0.25) is 0 Å². The van der Waals surface area contributed by atoms with Gasteiger partial charge in [0.05, 0.1) is 6.61 Å². The third-order valence-electron chi connectivity index (χ3n) is 6.03. The molecule has 4 nitrogen and oxygen atoms in total. The number of hydrogen-bond donors (Lipinski definition) is 2. The fourth-order valence-corrected chi connectivity index (χ4v) is 4.22.